The summed E-state index contributed by atoms with van der Waals surface area (Å²) in [5.41, 5.74) is -1.88. The Balaban J connectivity index is 1.71. The van der Waals surface area contributed by atoms with Crippen LogP contribution in [0.15, 0.2) is 18.2 Å². The highest BCUT2D eigenvalue weighted by atomic mass is 19.4. The quantitative estimate of drug-likeness (QED) is 0.756. The number of nitrogens with one attached hydrogen (secondary N) is 2. The molecule has 2 aliphatic rings. The molecule has 2 N–H and O–H groups in total. The number of fused-ring (bicyclic) bond motifs is 1. The van der Waals surface area contributed by atoms with Crippen molar-refractivity contribution in [3.8, 4) is 0 Å². The number of carbonyl (C=O) groups is 3. The summed E-state index contributed by atoms with van der Waals surface area (Å²) < 4.78 is 51.9. The van der Waals surface area contributed by atoms with Gasteiger partial charge in [-0.25, -0.2) is 4.39 Å². The minimum absolute atomic E-state index is 0.0934. The molecule has 0 radical (unpaired) electrons. The van der Waals surface area contributed by atoms with Gasteiger partial charge < -0.3 is 15.5 Å². The minimum atomic E-state index is -4.92. The Hall–Kier alpha value is -2.65. The molecule has 0 unspecified atom stereocenters. The molecule has 3 rings (SSSR count). The third-order valence-electron chi connectivity index (χ3n) is 4.95. The van der Waals surface area contributed by atoms with E-state index in [2.05, 4.69) is 10.6 Å². The number of benzene rings is 1. The zero-order valence-corrected chi connectivity index (χ0v) is 15.0. The van der Waals surface area contributed by atoms with Crippen LogP contribution < -0.4 is 10.6 Å². The second-order valence-corrected chi connectivity index (χ2v) is 6.95. The van der Waals surface area contributed by atoms with Crippen LogP contribution >= 0.6 is 0 Å². The first-order valence-electron chi connectivity index (χ1n) is 8.90. The van der Waals surface area contributed by atoms with Crippen molar-refractivity contribution >= 4 is 17.7 Å². The van der Waals surface area contributed by atoms with E-state index in [9.17, 15) is 31.9 Å². The largest absolute Gasteiger partial charge is 0.419 e. The van der Waals surface area contributed by atoms with E-state index >= 15 is 0 Å². The maximum atomic E-state index is 13.4. The molecule has 2 fully saturated rings. The van der Waals surface area contributed by atoms with Crippen molar-refractivity contribution in [1.29, 1.82) is 0 Å². The second kappa shape index (κ2) is 7.40. The fraction of sp³-hybridized carbons (Fsp3) is 0.500. The Morgan fingerprint density at radius 1 is 1.32 bits per heavy atom. The molecular formula is C18H19F4N3O3. The fourth-order valence-corrected chi connectivity index (χ4v) is 3.60. The zero-order chi connectivity index (χ0) is 20.6. The van der Waals surface area contributed by atoms with E-state index in [-0.39, 0.29) is 30.3 Å². The number of alkyl halides is 3. The summed E-state index contributed by atoms with van der Waals surface area (Å²) in [4.78, 5) is 38.4. The molecule has 2 heterocycles. The van der Waals surface area contributed by atoms with Crippen LogP contribution in [0.1, 0.15) is 42.1 Å². The summed E-state index contributed by atoms with van der Waals surface area (Å²) in [5.74, 6) is -2.83. The van der Waals surface area contributed by atoms with Gasteiger partial charge in [-0.15, -0.1) is 0 Å². The number of halogens is 4. The number of nitrogens with zero attached hydrogens (tertiary/aromatic N) is 1. The van der Waals surface area contributed by atoms with Crippen molar-refractivity contribution in [2.24, 2.45) is 0 Å². The molecule has 10 heteroatoms. The summed E-state index contributed by atoms with van der Waals surface area (Å²) >= 11 is 0. The molecule has 2 aliphatic heterocycles. The Morgan fingerprint density at radius 2 is 2.04 bits per heavy atom. The first kappa shape index (κ1) is 20.1. The van der Waals surface area contributed by atoms with Gasteiger partial charge in [-0.1, -0.05) is 13.3 Å². The summed E-state index contributed by atoms with van der Waals surface area (Å²) in [5, 5.41) is 5.20. The topological polar surface area (TPSA) is 78.5 Å². The van der Waals surface area contributed by atoms with E-state index in [0.29, 0.717) is 25.0 Å². The van der Waals surface area contributed by atoms with Crippen LogP contribution in [0.5, 0.6) is 0 Å². The second-order valence-electron chi connectivity index (χ2n) is 6.95. The molecular weight excluding hydrogens is 382 g/mol. The van der Waals surface area contributed by atoms with Gasteiger partial charge in [0.05, 0.1) is 5.56 Å². The molecule has 1 aromatic rings. The van der Waals surface area contributed by atoms with Crippen molar-refractivity contribution in [3.63, 3.8) is 0 Å². The Labute approximate surface area is 158 Å². The first-order valence-corrected chi connectivity index (χ1v) is 8.90. The van der Waals surface area contributed by atoms with E-state index in [1.54, 1.807) is 0 Å². The lowest BCUT2D eigenvalue weighted by molar-refractivity contribution is -0.147. The summed E-state index contributed by atoms with van der Waals surface area (Å²) in [6.45, 7) is 1.98. The lowest BCUT2D eigenvalue weighted by Gasteiger charge is -2.34. The first-order chi connectivity index (χ1) is 13.1. The van der Waals surface area contributed by atoms with E-state index in [0.717, 1.165) is 6.07 Å². The molecule has 1 aromatic carbocycles. The van der Waals surface area contributed by atoms with Crippen LogP contribution in [0.3, 0.4) is 0 Å². The Bertz CT molecular complexity index is 812. The van der Waals surface area contributed by atoms with Gasteiger partial charge in [0, 0.05) is 18.2 Å². The smallest absolute Gasteiger partial charge is 0.347 e. The van der Waals surface area contributed by atoms with E-state index in [4.69, 9.17) is 0 Å². The average molecular weight is 401 g/mol. The highest BCUT2D eigenvalue weighted by Gasteiger charge is 2.46. The number of hydrogen-bond acceptors (Lipinski definition) is 3. The van der Waals surface area contributed by atoms with Crippen LogP contribution in [0.4, 0.5) is 17.6 Å². The van der Waals surface area contributed by atoms with Gasteiger partial charge in [0.1, 0.15) is 17.9 Å². The average Bonchev–Trinajstić information content (AvgIpc) is 3.03. The molecule has 3 atom stereocenters. The normalized spacial score (nSPS) is 24.8. The Morgan fingerprint density at radius 3 is 2.68 bits per heavy atom. The van der Waals surface area contributed by atoms with Gasteiger partial charge in [-0.3, -0.25) is 14.4 Å². The lowest BCUT2D eigenvalue weighted by atomic mass is 10.0. The number of rotatable bonds is 4. The predicted molar refractivity (Wildman–Crippen MR) is 89.6 cm³/mol. The number of amides is 3. The highest BCUT2D eigenvalue weighted by Crippen LogP contribution is 2.32. The van der Waals surface area contributed by atoms with Crippen LogP contribution in [-0.2, 0) is 15.8 Å². The van der Waals surface area contributed by atoms with Gasteiger partial charge >= 0.3 is 6.18 Å². The minimum Gasteiger partial charge on any atom is -0.347 e. The third kappa shape index (κ3) is 3.81. The van der Waals surface area contributed by atoms with Crippen molar-refractivity contribution in [2.75, 3.05) is 6.54 Å². The SMILES string of the molecule is CCC[C@@H]1NC(=O)[C@@H]2C[C@H](NC(=O)c3ccc(F)c(C(F)(F)F)c3)CN2C1=O. The Kier molecular flexibility index (Phi) is 5.31. The van der Waals surface area contributed by atoms with Crippen LogP contribution in [-0.4, -0.2) is 47.3 Å². The zero-order valence-electron chi connectivity index (χ0n) is 15.0. The predicted octanol–water partition coefficient (Wildman–Crippen LogP) is 1.84. The standard InChI is InChI=1S/C18H19F4N3O3/c1-2-3-13-17(28)25-8-10(7-14(25)16(27)24-13)23-15(26)9-4-5-12(19)11(6-9)18(20,21)22/h4-6,10,13-14H,2-3,7-8H2,1H3,(H,23,26)(H,24,27)/t10-,13-,14-/m0/s1. The summed E-state index contributed by atoms with van der Waals surface area (Å²) in [6.07, 6.45) is -3.55. The molecule has 28 heavy (non-hydrogen) atoms. The highest BCUT2D eigenvalue weighted by molar-refractivity contribution is 5.98. The molecule has 0 bridgehead atoms. The molecule has 6 nitrogen and oxygen atoms in total. The van der Waals surface area contributed by atoms with E-state index in [1.165, 1.54) is 4.90 Å². The number of carbonyl (C=O) groups excluding carboxylic acids is 3. The third-order valence-corrected chi connectivity index (χ3v) is 4.95. The van der Waals surface area contributed by atoms with E-state index < -0.39 is 41.6 Å². The monoisotopic (exact) mass is 401 g/mol. The number of hydrogen-bond donors (Lipinski definition) is 2. The molecule has 0 aromatic heterocycles. The van der Waals surface area contributed by atoms with Gasteiger partial charge in [0.2, 0.25) is 11.8 Å². The van der Waals surface area contributed by atoms with Crippen molar-refractivity contribution in [3.05, 3.63) is 35.1 Å². The van der Waals surface area contributed by atoms with Crippen LogP contribution in [0.2, 0.25) is 0 Å². The molecule has 3 amide bonds. The van der Waals surface area contributed by atoms with Crippen LogP contribution in [0.25, 0.3) is 0 Å². The van der Waals surface area contributed by atoms with Gasteiger partial charge in [-0.2, -0.15) is 13.2 Å². The van der Waals surface area contributed by atoms with Gasteiger partial charge in [0.25, 0.3) is 5.91 Å². The van der Waals surface area contributed by atoms with E-state index in [1.807, 2.05) is 6.92 Å². The van der Waals surface area contributed by atoms with Crippen molar-refractivity contribution in [1.82, 2.24) is 15.5 Å². The molecule has 0 saturated carbocycles. The maximum absolute atomic E-state index is 13.4. The lowest BCUT2D eigenvalue weighted by Crippen LogP contribution is -2.61. The number of piperazine rings is 1. The molecule has 152 valence electrons. The van der Waals surface area contributed by atoms with Crippen molar-refractivity contribution in [2.45, 2.75) is 50.5 Å². The fourth-order valence-electron chi connectivity index (χ4n) is 3.60. The molecule has 0 aliphatic carbocycles. The van der Waals surface area contributed by atoms with Crippen LogP contribution in [0, 0.1) is 5.82 Å². The van der Waals surface area contributed by atoms with Crippen molar-refractivity contribution < 1.29 is 31.9 Å². The summed E-state index contributed by atoms with van der Waals surface area (Å²) in [7, 11) is 0. The summed E-state index contributed by atoms with van der Waals surface area (Å²) in [6, 6.07) is 0.0768. The maximum Gasteiger partial charge on any atom is 0.419 e. The molecule has 0 spiro atoms. The molecule has 2 saturated heterocycles. The van der Waals surface area contributed by atoms with Gasteiger partial charge in [-0.05, 0) is 31.0 Å². The van der Waals surface area contributed by atoms with Gasteiger partial charge in [0.15, 0.2) is 0 Å².